The molecule has 0 spiro atoms. The zero-order chi connectivity index (χ0) is 7.82. The Bertz CT molecular complexity index is 51.6. The van der Waals surface area contributed by atoms with E-state index in [0.29, 0.717) is 19.1 Å². The first-order valence-corrected chi connectivity index (χ1v) is 3.43. The van der Waals surface area contributed by atoms with E-state index in [1.54, 1.807) is 14.2 Å². The molecule has 0 aromatic carbocycles. The van der Waals surface area contributed by atoms with Crippen molar-refractivity contribution in [2.45, 2.75) is 6.42 Å². The zero-order valence-electron chi connectivity index (χ0n) is 6.67. The molecule has 0 radical (unpaired) electrons. The molecule has 0 heterocycles. The van der Waals surface area contributed by atoms with Gasteiger partial charge in [-0.25, -0.2) is 0 Å². The SMILES string of the molecule is COCC(CCO)COC. The van der Waals surface area contributed by atoms with Gasteiger partial charge >= 0.3 is 0 Å². The maximum Gasteiger partial charge on any atom is 0.0513 e. The van der Waals surface area contributed by atoms with Crippen LogP contribution in [0.1, 0.15) is 6.42 Å². The minimum absolute atomic E-state index is 0.206. The van der Waals surface area contributed by atoms with Crippen molar-refractivity contribution in [1.29, 1.82) is 0 Å². The van der Waals surface area contributed by atoms with Gasteiger partial charge in [0.2, 0.25) is 0 Å². The summed E-state index contributed by atoms with van der Waals surface area (Å²) >= 11 is 0. The van der Waals surface area contributed by atoms with Crippen molar-refractivity contribution in [2.24, 2.45) is 5.92 Å². The maximum absolute atomic E-state index is 8.58. The van der Waals surface area contributed by atoms with Crippen LogP contribution in [0.3, 0.4) is 0 Å². The van der Waals surface area contributed by atoms with Crippen LogP contribution in [0, 0.1) is 5.92 Å². The molecule has 10 heavy (non-hydrogen) atoms. The lowest BCUT2D eigenvalue weighted by Gasteiger charge is -2.12. The summed E-state index contributed by atoms with van der Waals surface area (Å²) in [5.74, 6) is 0.333. The molecule has 0 aromatic heterocycles. The highest BCUT2D eigenvalue weighted by atomic mass is 16.5. The Balaban J connectivity index is 3.30. The van der Waals surface area contributed by atoms with Gasteiger partial charge in [-0.3, -0.25) is 0 Å². The summed E-state index contributed by atoms with van der Waals surface area (Å²) in [6.45, 7) is 1.53. The van der Waals surface area contributed by atoms with Gasteiger partial charge in [-0.15, -0.1) is 0 Å². The van der Waals surface area contributed by atoms with Crippen molar-refractivity contribution in [1.82, 2.24) is 0 Å². The minimum atomic E-state index is 0.206. The Kier molecular flexibility index (Phi) is 6.91. The maximum atomic E-state index is 8.58. The second-order valence-corrected chi connectivity index (χ2v) is 2.29. The zero-order valence-corrected chi connectivity index (χ0v) is 6.67. The first-order chi connectivity index (χ1) is 4.85. The van der Waals surface area contributed by atoms with E-state index in [-0.39, 0.29) is 6.61 Å². The predicted molar refractivity (Wildman–Crippen MR) is 38.9 cm³/mol. The Morgan fingerprint density at radius 1 is 1.20 bits per heavy atom. The Hall–Kier alpha value is -0.120. The smallest absolute Gasteiger partial charge is 0.0513 e. The van der Waals surface area contributed by atoms with E-state index >= 15 is 0 Å². The first-order valence-electron chi connectivity index (χ1n) is 3.43. The van der Waals surface area contributed by atoms with E-state index in [2.05, 4.69) is 0 Å². The second-order valence-electron chi connectivity index (χ2n) is 2.29. The van der Waals surface area contributed by atoms with Gasteiger partial charge in [-0.05, 0) is 6.42 Å². The fraction of sp³-hybridized carbons (Fsp3) is 1.00. The molecule has 0 fully saturated rings. The van der Waals surface area contributed by atoms with Crippen LogP contribution in [0.2, 0.25) is 0 Å². The molecule has 0 amide bonds. The third-order valence-corrected chi connectivity index (χ3v) is 1.34. The lowest BCUT2D eigenvalue weighted by molar-refractivity contribution is 0.0704. The Morgan fingerprint density at radius 2 is 1.70 bits per heavy atom. The van der Waals surface area contributed by atoms with E-state index < -0.39 is 0 Å². The van der Waals surface area contributed by atoms with Crippen LogP contribution in [0.25, 0.3) is 0 Å². The van der Waals surface area contributed by atoms with Gasteiger partial charge < -0.3 is 14.6 Å². The van der Waals surface area contributed by atoms with Crippen LogP contribution >= 0.6 is 0 Å². The summed E-state index contributed by atoms with van der Waals surface area (Å²) in [5.41, 5.74) is 0. The topological polar surface area (TPSA) is 38.7 Å². The summed E-state index contributed by atoms with van der Waals surface area (Å²) in [7, 11) is 3.31. The molecule has 0 bridgehead atoms. The molecular formula is C7H16O3. The lowest BCUT2D eigenvalue weighted by atomic mass is 10.1. The highest BCUT2D eigenvalue weighted by Gasteiger charge is 2.05. The van der Waals surface area contributed by atoms with Crippen molar-refractivity contribution in [3.05, 3.63) is 0 Å². The molecule has 0 saturated heterocycles. The number of methoxy groups -OCH3 is 2. The van der Waals surface area contributed by atoms with Crippen molar-refractivity contribution in [3.8, 4) is 0 Å². The molecule has 3 nitrogen and oxygen atoms in total. The van der Waals surface area contributed by atoms with Crippen LogP contribution in [-0.2, 0) is 9.47 Å². The largest absolute Gasteiger partial charge is 0.396 e. The third kappa shape index (κ3) is 4.73. The molecule has 0 unspecified atom stereocenters. The molecule has 3 heteroatoms. The van der Waals surface area contributed by atoms with Gasteiger partial charge in [-0.1, -0.05) is 0 Å². The predicted octanol–water partition coefficient (Wildman–Crippen LogP) is 0.278. The normalized spacial score (nSPS) is 10.8. The van der Waals surface area contributed by atoms with E-state index in [1.807, 2.05) is 0 Å². The molecule has 0 aromatic rings. The van der Waals surface area contributed by atoms with Crippen LogP contribution in [-0.4, -0.2) is 39.1 Å². The fourth-order valence-corrected chi connectivity index (χ4v) is 0.869. The number of ether oxygens (including phenoxy) is 2. The molecular weight excluding hydrogens is 132 g/mol. The highest BCUT2D eigenvalue weighted by Crippen LogP contribution is 2.02. The molecule has 0 atom stereocenters. The molecule has 0 aliphatic carbocycles. The Labute approximate surface area is 62.0 Å². The number of hydrogen-bond donors (Lipinski definition) is 1. The average molecular weight is 148 g/mol. The van der Waals surface area contributed by atoms with Gasteiger partial charge in [0.1, 0.15) is 0 Å². The van der Waals surface area contributed by atoms with Gasteiger partial charge in [0.05, 0.1) is 13.2 Å². The summed E-state index contributed by atoms with van der Waals surface area (Å²) in [4.78, 5) is 0. The quantitative estimate of drug-likeness (QED) is 0.588. The van der Waals surface area contributed by atoms with Gasteiger partial charge in [0, 0.05) is 26.7 Å². The highest BCUT2D eigenvalue weighted by molar-refractivity contribution is 4.55. The van der Waals surface area contributed by atoms with Crippen LogP contribution < -0.4 is 0 Å². The molecule has 0 aliphatic heterocycles. The van der Waals surface area contributed by atoms with Crippen LogP contribution in [0.4, 0.5) is 0 Å². The van der Waals surface area contributed by atoms with E-state index in [1.165, 1.54) is 0 Å². The van der Waals surface area contributed by atoms with Crippen LogP contribution in [0.15, 0.2) is 0 Å². The van der Waals surface area contributed by atoms with Gasteiger partial charge in [0.15, 0.2) is 0 Å². The molecule has 0 rings (SSSR count). The molecule has 1 N–H and O–H groups in total. The number of hydrogen-bond acceptors (Lipinski definition) is 3. The second kappa shape index (κ2) is 6.99. The summed E-state index contributed by atoms with van der Waals surface area (Å²) in [6.07, 6.45) is 0.752. The standard InChI is InChI=1S/C7H16O3/c1-9-5-7(3-4-8)6-10-2/h7-8H,3-6H2,1-2H3. The number of aliphatic hydroxyl groups excluding tert-OH is 1. The Morgan fingerprint density at radius 3 is 2.00 bits per heavy atom. The van der Waals surface area contributed by atoms with Gasteiger partial charge in [0.25, 0.3) is 0 Å². The fourth-order valence-electron chi connectivity index (χ4n) is 0.869. The van der Waals surface area contributed by atoms with E-state index in [0.717, 1.165) is 6.42 Å². The van der Waals surface area contributed by atoms with Crippen molar-refractivity contribution >= 4 is 0 Å². The summed E-state index contributed by atoms with van der Waals surface area (Å²) in [6, 6.07) is 0. The monoisotopic (exact) mass is 148 g/mol. The first kappa shape index (κ1) is 9.88. The van der Waals surface area contributed by atoms with E-state index in [4.69, 9.17) is 14.6 Å². The molecule has 0 aliphatic rings. The molecule has 62 valence electrons. The van der Waals surface area contributed by atoms with Crippen molar-refractivity contribution in [3.63, 3.8) is 0 Å². The lowest BCUT2D eigenvalue weighted by Crippen LogP contribution is -2.15. The average Bonchev–Trinajstić information content (AvgIpc) is 1.90. The van der Waals surface area contributed by atoms with E-state index in [9.17, 15) is 0 Å². The van der Waals surface area contributed by atoms with Gasteiger partial charge in [-0.2, -0.15) is 0 Å². The summed E-state index contributed by atoms with van der Waals surface area (Å²) < 4.78 is 9.84. The summed E-state index contributed by atoms with van der Waals surface area (Å²) in [5, 5.41) is 8.58. The van der Waals surface area contributed by atoms with Crippen molar-refractivity contribution in [2.75, 3.05) is 34.0 Å². The number of aliphatic hydroxyl groups is 1. The minimum Gasteiger partial charge on any atom is -0.396 e. The number of rotatable bonds is 6. The third-order valence-electron chi connectivity index (χ3n) is 1.34. The molecule has 0 saturated carbocycles. The van der Waals surface area contributed by atoms with Crippen LogP contribution in [0.5, 0.6) is 0 Å². The van der Waals surface area contributed by atoms with Crippen molar-refractivity contribution < 1.29 is 14.6 Å².